The van der Waals surface area contributed by atoms with Crippen LogP contribution in [-0.4, -0.2) is 17.3 Å². The van der Waals surface area contributed by atoms with Gasteiger partial charge in [-0.1, -0.05) is 0 Å². The summed E-state index contributed by atoms with van der Waals surface area (Å²) < 4.78 is 0. The number of hydrogen-bond acceptors (Lipinski definition) is 4. The lowest BCUT2D eigenvalue weighted by molar-refractivity contribution is 0.483. The van der Waals surface area contributed by atoms with Gasteiger partial charge in [-0.2, -0.15) is 11.3 Å². The number of hydrogen-bond donors (Lipinski definition) is 1. The fourth-order valence-corrected chi connectivity index (χ4v) is 3.52. The number of rotatable bonds is 2. The topological polar surface area (TPSA) is 38.4 Å². The maximum atomic E-state index is 5.63. The van der Waals surface area contributed by atoms with Gasteiger partial charge in [-0.05, 0) is 35.7 Å². The summed E-state index contributed by atoms with van der Waals surface area (Å²) in [6.45, 7) is 2.77. The number of thiophene rings is 1. The van der Waals surface area contributed by atoms with Gasteiger partial charge in [-0.25, -0.2) is 0 Å². The minimum atomic E-state index is -0.0278. The van der Waals surface area contributed by atoms with Crippen LogP contribution in [0.25, 0.3) is 0 Å². The Morgan fingerprint density at radius 1 is 1.64 bits per heavy atom. The molecule has 1 aliphatic rings. The molecule has 0 radical (unpaired) electrons. The summed E-state index contributed by atoms with van der Waals surface area (Å²) in [6, 6.07) is 2.16. The SMILES string of the molecule is CC1(c2ccsc2)CCSC(CN)=N1. The molecule has 0 amide bonds. The van der Waals surface area contributed by atoms with E-state index >= 15 is 0 Å². The summed E-state index contributed by atoms with van der Waals surface area (Å²) >= 11 is 3.52. The van der Waals surface area contributed by atoms with Crippen molar-refractivity contribution in [1.82, 2.24) is 0 Å². The zero-order chi connectivity index (χ0) is 10.0. The molecule has 0 aliphatic carbocycles. The van der Waals surface area contributed by atoms with Crippen LogP contribution in [0.1, 0.15) is 18.9 Å². The summed E-state index contributed by atoms with van der Waals surface area (Å²) in [5.41, 5.74) is 6.93. The number of thioether (sulfide) groups is 1. The van der Waals surface area contributed by atoms with E-state index < -0.39 is 0 Å². The summed E-state index contributed by atoms with van der Waals surface area (Å²) in [7, 11) is 0. The molecule has 0 spiro atoms. The fourth-order valence-electron chi connectivity index (χ4n) is 1.62. The van der Waals surface area contributed by atoms with Gasteiger partial charge in [0.25, 0.3) is 0 Å². The Kier molecular flexibility index (Phi) is 2.95. The van der Waals surface area contributed by atoms with Crippen molar-refractivity contribution in [3.05, 3.63) is 22.4 Å². The monoisotopic (exact) mass is 226 g/mol. The smallest absolute Gasteiger partial charge is 0.0854 e. The molecular weight excluding hydrogens is 212 g/mol. The lowest BCUT2D eigenvalue weighted by atomic mass is 9.92. The fraction of sp³-hybridized carbons (Fsp3) is 0.500. The molecule has 2 N–H and O–H groups in total. The average molecular weight is 226 g/mol. The Hall–Kier alpha value is -0.320. The van der Waals surface area contributed by atoms with Crippen LogP contribution in [0.4, 0.5) is 0 Å². The molecule has 1 atom stereocenters. The summed E-state index contributed by atoms with van der Waals surface area (Å²) in [6.07, 6.45) is 1.11. The number of aliphatic imine (C=N–C) groups is 1. The second kappa shape index (κ2) is 4.04. The van der Waals surface area contributed by atoms with Crippen molar-refractivity contribution >= 4 is 28.1 Å². The molecule has 0 fully saturated rings. The van der Waals surface area contributed by atoms with Gasteiger partial charge in [0, 0.05) is 12.3 Å². The highest BCUT2D eigenvalue weighted by Crippen LogP contribution is 2.36. The Morgan fingerprint density at radius 3 is 3.14 bits per heavy atom. The van der Waals surface area contributed by atoms with Crippen LogP contribution >= 0.6 is 23.1 Å². The van der Waals surface area contributed by atoms with Gasteiger partial charge in [0.2, 0.25) is 0 Å². The van der Waals surface area contributed by atoms with Gasteiger partial charge in [0.15, 0.2) is 0 Å². The van der Waals surface area contributed by atoms with Crippen molar-refractivity contribution in [1.29, 1.82) is 0 Å². The third kappa shape index (κ3) is 1.87. The average Bonchev–Trinajstić information content (AvgIpc) is 2.71. The largest absolute Gasteiger partial charge is 0.325 e. The molecule has 2 rings (SSSR count). The lowest BCUT2D eigenvalue weighted by Crippen LogP contribution is -2.28. The number of nitrogens with two attached hydrogens (primary N) is 1. The molecule has 2 heterocycles. The molecular formula is C10H14N2S2. The van der Waals surface area contributed by atoms with Crippen LogP contribution in [0, 0.1) is 0 Å². The normalized spacial score (nSPS) is 27.4. The zero-order valence-electron chi connectivity index (χ0n) is 8.19. The molecule has 2 nitrogen and oxygen atoms in total. The van der Waals surface area contributed by atoms with Crippen molar-refractivity contribution in [2.45, 2.75) is 18.9 Å². The first kappa shape index (κ1) is 10.2. The highest BCUT2D eigenvalue weighted by atomic mass is 32.2. The Morgan fingerprint density at radius 2 is 2.50 bits per heavy atom. The molecule has 0 bridgehead atoms. The van der Waals surface area contributed by atoms with Crippen LogP contribution in [0.5, 0.6) is 0 Å². The molecule has 0 aromatic carbocycles. The van der Waals surface area contributed by atoms with E-state index in [9.17, 15) is 0 Å². The first-order chi connectivity index (χ1) is 6.74. The second-order valence-electron chi connectivity index (χ2n) is 3.59. The van der Waals surface area contributed by atoms with Crippen LogP contribution < -0.4 is 5.73 Å². The Balaban J connectivity index is 2.31. The van der Waals surface area contributed by atoms with E-state index in [0.717, 1.165) is 17.2 Å². The lowest BCUT2D eigenvalue weighted by Gasteiger charge is -2.29. The van der Waals surface area contributed by atoms with E-state index in [1.54, 1.807) is 23.1 Å². The van der Waals surface area contributed by atoms with Crippen LogP contribution in [0.15, 0.2) is 21.8 Å². The molecule has 1 aromatic heterocycles. The van der Waals surface area contributed by atoms with Crippen molar-refractivity contribution in [3.8, 4) is 0 Å². The third-order valence-corrected chi connectivity index (χ3v) is 4.23. The van der Waals surface area contributed by atoms with E-state index in [1.807, 2.05) is 0 Å². The highest BCUT2D eigenvalue weighted by molar-refractivity contribution is 8.14. The molecule has 1 aliphatic heterocycles. The Labute approximate surface area is 92.6 Å². The predicted molar refractivity (Wildman–Crippen MR) is 65.2 cm³/mol. The maximum Gasteiger partial charge on any atom is 0.0854 e. The summed E-state index contributed by atoms with van der Waals surface area (Å²) in [5, 5.41) is 5.39. The number of nitrogens with zero attached hydrogens (tertiary/aromatic N) is 1. The van der Waals surface area contributed by atoms with Gasteiger partial charge in [0.1, 0.15) is 0 Å². The van der Waals surface area contributed by atoms with Crippen molar-refractivity contribution in [2.75, 3.05) is 12.3 Å². The Bertz CT molecular complexity index is 332. The van der Waals surface area contributed by atoms with Crippen LogP contribution in [0.2, 0.25) is 0 Å². The summed E-state index contributed by atoms with van der Waals surface area (Å²) in [4.78, 5) is 4.74. The van der Waals surface area contributed by atoms with Gasteiger partial charge in [0.05, 0.1) is 10.6 Å². The van der Waals surface area contributed by atoms with E-state index in [-0.39, 0.29) is 5.54 Å². The minimum absolute atomic E-state index is 0.0278. The molecule has 1 unspecified atom stereocenters. The predicted octanol–water partition coefficient (Wildman–Crippen LogP) is 2.46. The molecule has 0 saturated carbocycles. The molecule has 14 heavy (non-hydrogen) atoms. The van der Waals surface area contributed by atoms with Crippen molar-refractivity contribution < 1.29 is 0 Å². The molecule has 0 saturated heterocycles. The highest BCUT2D eigenvalue weighted by Gasteiger charge is 2.29. The van der Waals surface area contributed by atoms with Crippen molar-refractivity contribution in [3.63, 3.8) is 0 Å². The van der Waals surface area contributed by atoms with Crippen LogP contribution in [-0.2, 0) is 5.54 Å². The first-order valence-corrected chi connectivity index (χ1v) is 6.62. The second-order valence-corrected chi connectivity index (χ2v) is 5.54. The van der Waals surface area contributed by atoms with E-state index in [1.165, 1.54) is 5.56 Å². The van der Waals surface area contributed by atoms with Crippen LogP contribution in [0.3, 0.4) is 0 Å². The first-order valence-electron chi connectivity index (χ1n) is 4.69. The maximum absolute atomic E-state index is 5.63. The van der Waals surface area contributed by atoms with E-state index in [2.05, 4.69) is 23.8 Å². The van der Waals surface area contributed by atoms with Gasteiger partial charge in [-0.3, -0.25) is 4.99 Å². The molecule has 76 valence electrons. The summed E-state index contributed by atoms with van der Waals surface area (Å²) in [5.74, 6) is 1.13. The zero-order valence-corrected chi connectivity index (χ0v) is 9.83. The minimum Gasteiger partial charge on any atom is -0.325 e. The van der Waals surface area contributed by atoms with Crippen molar-refractivity contribution in [2.24, 2.45) is 10.7 Å². The molecule has 4 heteroatoms. The van der Waals surface area contributed by atoms with Gasteiger partial charge < -0.3 is 5.73 Å². The third-order valence-electron chi connectivity index (χ3n) is 2.55. The van der Waals surface area contributed by atoms with E-state index in [4.69, 9.17) is 10.7 Å². The molecule has 1 aromatic rings. The van der Waals surface area contributed by atoms with Gasteiger partial charge in [-0.15, -0.1) is 11.8 Å². The van der Waals surface area contributed by atoms with E-state index in [0.29, 0.717) is 6.54 Å². The van der Waals surface area contributed by atoms with Gasteiger partial charge >= 0.3 is 0 Å². The standard InChI is InChI=1S/C10H14N2S2/c1-10(8-2-4-13-7-8)3-5-14-9(6-11)12-10/h2,4,7H,3,5-6,11H2,1H3. The quantitative estimate of drug-likeness (QED) is 0.841.